The minimum absolute atomic E-state index is 0.00480. The van der Waals surface area contributed by atoms with Crippen molar-refractivity contribution in [2.75, 3.05) is 40.3 Å². The van der Waals surface area contributed by atoms with Crippen molar-refractivity contribution in [3.8, 4) is 5.75 Å². The number of carbonyl (C=O) groups excluding carboxylic acids is 1. The SMILES string of the molecule is COc1cc(C)c(S(=O)(=O)N(C)C(C)c2nc3cccc(C(=O)N4CCC5(CC4)CCN(S(=O)(=O)c4ccc(Cl)s4)CC5)c3[nH]2)c(C)c1. The van der Waals surface area contributed by atoms with Gasteiger partial charge in [0.2, 0.25) is 10.0 Å². The highest BCUT2D eigenvalue weighted by molar-refractivity contribution is 7.91. The van der Waals surface area contributed by atoms with Crippen LogP contribution < -0.4 is 4.74 Å². The van der Waals surface area contributed by atoms with E-state index in [0.717, 1.165) is 37.0 Å². The zero-order valence-corrected chi connectivity index (χ0v) is 30.8. The number of amides is 1. The number of aromatic amines is 1. The number of imidazole rings is 1. The minimum Gasteiger partial charge on any atom is -0.497 e. The van der Waals surface area contributed by atoms with Gasteiger partial charge in [-0.3, -0.25) is 4.79 Å². The summed E-state index contributed by atoms with van der Waals surface area (Å²) in [4.78, 5) is 23.9. The standard InChI is InChI=1S/C33H40ClN5O6S3/c1-21-19-24(45-5)20-22(2)30(21)48(43,44)37(4)23(3)31-35-26-8-6-7-25(29(26)36-31)32(40)38-15-11-33(12-16-38)13-17-39(18-14-33)47(41,42)28-10-9-27(34)46-28/h6-10,19-20,23H,11-18H2,1-5H3,(H,35,36). The lowest BCUT2D eigenvalue weighted by Gasteiger charge is -2.46. The van der Waals surface area contributed by atoms with Crippen molar-refractivity contribution in [2.24, 2.45) is 5.41 Å². The monoisotopic (exact) mass is 733 g/mol. The van der Waals surface area contributed by atoms with E-state index in [1.165, 1.54) is 11.4 Å². The highest BCUT2D eigenvalue weighted by Gasteiger charge is 2.42. The molecule has 258 valence electrons. The second-order valence-corrected chi connectivity index (χ2v) is 18.7. The third-order valence-electron chi connectivity index (χ3n) is 10.1. The normalized spacial score (nSPS) is 18.1. The number of H-pyrrole nitrogens is 1. The Morgan fingerprint density at radius 1 is 1.02 bits per heavy atom. The Bertz CT molecular complexity index is 2050. The number of sulfonamides is 2. The topological polar surface area (TPSA) is 133 Å². The van der Waals surface area contributed by atoms with Gasteiger partial charge in [-0.1, -0.05) is 17.7 Å². The van der Waals surface area contributed by atoms with Gasteiger partial charge in [-0.2, -0.15) is 8.61 Å². The Morgan fingerprint density at radius 3 is 2.23 bits per heavy atom. The number of benzene rings is 2. The fourth-order valence-electron chi connectivity index (χ4n) is 7.01. The van der Waals surface area contributed by atoms with Gasteiger partial charge in [-0.05, 0) is 99.4 Å². The summed E-state index contributed by atoms with van der Waals surface area (Å²) in [7, 11) is -4.38. The molecule has 2 aromatic heterocycles. The summed E-state index contributed by atoms with van der Waals surface area (Å²) in [6.45, 7) is 7.30. The maximum atomic E-state index is 13.9. The van der Waals surface area contributed by atoms with Crippen molar-refractivity contribution in [2.45, 2.75) is 61.6 Å². The summed E-state index contributed by atoms with van der Waals surface area (Å²) in [5.74, 6) is 0.914. The molecule has 0 saturated carbocycles. The summed E-state index contributed by atoms with van der Waals surface area (Å²) in [6.07, 6.45) is 3.09. The van der Waals surface area contributed by atoms with Crippen molar-refractivity contribution in [1.29, 1.82) is 0 Å². The smallest absolute Gasteiger partial charge is 0.256 e. The van der Waals surface area contributed by atoms with E-state index in [4.69, 9.17) is 21.3 Å². The van der Waals surface area contributed by atoms with E-state index in [-0.39, 0.29) is 20.4 Å². The van der Waals surface area contributed by atoms with Gasteiger partial charge in [0, 0.05) is 33.2 Å². The average Bonchev–Trinajstić information content (AvgIpc) is 3.71. The number of aryl methyl sites for hydroxylation is 2. The molecule has 6 rings (SSSR count). The maximum Gasteiger partial charge on any atom is 0.256 e. The van der Waals surface area contributed by atoms with E-state index in [9.17, 15) is 21.6 Å². The number of likely N-dealkylation sites (tertiary alicyclic amines) is 1. The first-order chi connectivity index (χ1) is 22.7. The quantitative estimate of drug-likeness (QED) is 0.235. The molecule has 0 bridgehead atoms. The van der Waals surface area contributed by atoms with Crippen LogP contribution in [-0.2, 0) is 20.0 Å². The third-order valence-corrected chi connectivity index (χ3v) is 15.9. The number of aromatic nitrogens is 2. The number of ether oxygens (including phenoxy) is 1. The molecule has 2 fully saturated rings. The number of para-hydroxylation sites is 1. The third kappa shape index (κ3) is 6.27. The zero-order chi connectivity index (χ0) is 34.6. The summed E-state index contributed by atoms with van der Waals surface area (Å²) in [5.41, 5.74) is 2.81. The van der Waals surface area contributed by atoms with Crippen LogP contribution in [0.5, 0.6) is 5.75 Å². The van der Waals surface area contributed by atoms with Crippen LogP contribution in [0.2, 0.25) is 4.34 Å². The molecule has 1 atom stereocenters. The molecule has 1 unspecified atom stereocenters. The van der Waals surface area contributed by atoms with Crippen molar-refractivity contribution in [1.82, 2.24) is 23.5 Å². The molecule has 1 amide bonds. The molecule has 15 heteroatoms. The van der Waals surface area contributed by atoms with Crippen LogP contribution >= 0.6 is 22.9 Å². The zero-order valence-electron chi connectivity index (χ0n) is 27.6. The first-order valence-electron chi connectivity index (χ1n) is 15.8. The first kappa shape index (κ1) is 34.8. The summed E-state index contributed by atoms with van der Waals surface area (Å²) in [6, 6.07) is 11.3. The van der Waals surface area contributed by atoms with E-state index in [0.29, 0.717) is 69.8 Å². The van der Waals surface area contributed by atoms with Gasteiger partial charge in [0.15, 0.2) is 0 Å². The van der Waals surface area contributed by atoms with Gasteiger partial charge < -0.3 is 14.6 Å². The van der Waals surface area contributed by atoms with E-state index in [1.54, 1.807) is 68.6 Å². The molecular weight excluding hydrogens is 694 g/mol. The van der Waals surface area contributed by atoms with Gasteiger partial charge >= 0.3 is 0 Å². The number of nitrogens with one attached hydrogen (secondary N) is 1. The number of piperidine rings is 2. The van der Waals surface area contributed by atoms with Gasteiger partial charge in [-0.25, -0.2) is 21.8 Å². The number of thiophene rings is 1. The first-order valence-corrected chi connectivity index (χ1v) is 19.9. The van der Waals surface area contributed by atoms with E-state index >= 15 is 0 Å². The van der Waals surface area contributed by atoms with Crippen LogP contribution in [-0.4, -0.2) is 86.6 Å². The van der Waals surface area contributed by atoms with Crippen molar-refractivity contribution < 1.29 is 26.4 Å². The van der Waals surface area contributed by atoms with Crippen molar-refractivity contribution in [3.63, 3.8) is 0 Å². The molecule has 2 saturated heterocycles. The predicted octanol–water partition coefficient (Wildman–Crippen LogP) is 5.99. The Morgan fingerprint density at radius 2 is 1.65 bits per heavy atom. The number of rotatable bonds is 8. The highest BCUT2D eigenvalue weighted by atomic mass is 35.5. The molecule has 4 aromatic rings. The summed E-state index contributed by atoms with van der Waals surface area (Å²) in [5, 5.41) is 0. The highest BCUT2D eigenvalue weighted by Crippen LogP contribution is 2.43. The Balaban J connectivity index is 1.15. The Hall–Kier alpha value is -3.01. The number of hydrogen-bond acceptors (Lipinski definition) is 8. The van der Waals surface area contributed by atoms with Crippen LogP contribution in [0.3, 0.4) is 0 Å². The van der Waals surface area contributed by atoms with E-state index in [2.05, 4.69) is 4.98 Å². The Kier molecular flexibility index (Phi) is 9.46. The second-order valence-electron chi connectivity index (χ2n) is 12.9. The van der Waals surface area contributed by atoms with Crippen LogP contribution in [0.4, 0.5) is 0 Å². The van der Waals surface area contributed by atoms with Crippen molar-refractivity contribution in [3.05, 3.63) is 69.3 Å². The van der Waals surface area contributed by atoms with E-state index in [1.807, 2.05) is 11.0 Å². The van der Waals surface area contributed by atoms with E-state index < -0.39 is 26.1 Å². The van der Waals surface area contributed by atoms with Crippen LogP contribution in [0.25, 0.3) is 11.0 Å². The van der Waals surface area contributed by atoms with Crippen LogP contribution in [0.1, 0.15) is 66.0 Å². The molecule has 48 heavy (non-hydrogen) atoms. The molecule has 4 heterocycles. The van der Waals surface area contributed by atoms with Crippen molar-refractivity contribution >= 4 is 59.9 Å². The molecular formula is C33H40ClN5O6S3. The predicted molar refractivity (Wildman–Crippen MR) is 187 cm³/mol. The van der Waals surface area contributed by atoms with Crippen LogP contribution in [0.15, 0.2) is 51.6 Å². The Labute approximate surface area is 291 Å². The lowest BCUT2D eigenvalue weighted by Crippen LogP contribution is -2.49. The molecule has 0 radical (unpaired) electrons. The van der Waals surface area contributed by atoms with Crippen LogP contribution in [0, 0.1) is 19.3 Å². The number of methoxy groups -OCH3 is 1. The molecule has 1 N–H and O–H groups in total. The number of halogens is 1. The van der Waals surface area contributed by atoms with Gasteiger partial charge in [0.25, 0.3) is 15.9 Å². The van der Waals surface area contributed by atoms with Gasteiger partial charge in [0.1, 0.15) is 15.8 Å². The van der Waals surface area contributed by atoms with Gasteiger partial charge in [-0.15, -0.1) is 11.3 Å². The molecule has 2 aliphatic rings. The number of hydrogen-bond donors (Lipinski definition) is 1. The molecule has 0 aliphatic carbocycles. The van der Waals surface area contributed by atoms with Gasteiger partial charge in [0.05, 0.1) is 39.0 Å². The lowest BCUT2D eigenvalue weighted by atomic mass is 9.71. The molecule has 11 nitrogen and oxygen atoms in total. The summed E-state index contributed by atoms with van der Waals surface area (Å²) >= 11 is 7.07. The molecule has 2 aromatic carbocycles. The largest absolute Gasteiger partial charge is 0.497 e. The molecule has 2 aliphatic heterocycles. The fourth-order valence-corrected chi connectivity index (χ4v) is 11.8. The number of fused-ring (bicyclic) bond motifs is 1. The average molecular weight is 734 g/mol. The number of carbonyl (C=O) groups is 1. The lowest BCUT2D eigenvalue weighted by molar-refractivity contribution is 0.0426. The number of nitrogens with zero attached hydrogens (tertiary/aromatic N) is 4. The summed E-state index contributed by atoms with van der Waals surface area (Å²) < 4.78 is 62.7. The second kappa shape index (κ2) is 13.0. The minimum atomic E-state index is -3.89. The maximum absolute atomic E-state index is 13.9. The fraction of sp³-hybridized carbons (Fsp3) is 0.455. The molecule has 1 spiro atoms.